The topological polar surface area (TPSA) is 66.0 Å². The number of anilines is 2. The number of para-hydroxylation sites is 1. The number of urea groups is 1. The molecule has 21 heavy (non-hydrogen) atoms. The summed E-state index contributed by atoms with van der Waals surface area (Å²) in [6.45, 7) is 4.80. The molecule has 112 valence electrons. The number of nitrogens with one attached hydrogen (secondary N) is 3. The van der Waals surface area contributed by atoms with Crippen LogP contribution in [-0.2, 0) is 0 Å². The molecule has 1 aromatic heterocycles. The van der Waals surface area contributed by atoms with Crippen LogP contribution in [0.5, 0.6) is 0 Å². The lowest BCUT2D eigenvalue weighted by Gasteiger charge is -2.24. The van der Waals surface area contributed by atoms with Crippen LogP contribution >= 0.6 is 11.3 Å². The molecule has 0 spiro atoms. The molecule has 2 amide bonds. The molecule has 1 heterocycles. The van der Waals surface area contributed by atoms with Crippen molar-refractivity contribution in [1.29, 1.82) is 0 Å². The highest BCUT2D eigenvalue weighted by Crippen LogP contribution is 2.12. The summed E-state index contributed by atoms with van der Waals surface area (Å²) in [6, 6.07) is 9.93. The average Bonchev–Trinajstić information content (AvgIpc) is 2.97. The predicted molar refractivity (Wildman–Crippen MR) is 87.8 cm³/mol. The number of amides is 2. The molecule has 1 atom stereocenters. The molecule has 5 nitrogen and oxygen atoms in total. The number of thiazole rings is 1. The molecule has 2 rings (SSSR count). The number of aromatic nitrogens is 1. The zero-order valence-electron chi connectivity index (χ0n) is 12.2. The van der Waals surface area contributed by atoms with Crippen LogP contribution in [0.4, 0.5) is 15.6 Å². The lowest BCUT2D eigenvalue weighted by molar-refractivity contribution is 0.251. The Morgan fingerprint density at radius 3 is 2.67 bits per heavy atom. The van der Waals surface area contributed by atoms with Gasteiger partial charge in [0.15, 0.2) is 5.13 Å². The second-order valence-corrected chi connectivity index (χ2v) is 5.93. The summed E-state index contributed by atoms with van der Waals surface area (Å²) in [5.74, 6) is 0.394. The number of carbonyl (C=O) groups excluding carboxylic acids is 1. The van der Waals surface area contributed by atoms with Crippen molar-refractivity contribution in [3.8, 4) is 0 Å². The summed E-state index contributed by atoms with van der Waals surface area (Å²) >= 11 is 1.40. The van der Waals surface area contributed by atoms with Crippen molar-refractivity contribution < 1.29 is 4.79 Å². The molecule has 0 saturated heterocycles. The third kappa shape index (κ3) is 5.07. The van der Waals surface area contributed by atoms with Crippen LogP contribution in [0.1, 0.15) is 13.8 Å². The first-order valence-corrected chi connectivity index (χ1v) is 7.79. The molecule has 0 radical (unpaired) electrons. The molecule has 0 aliphatic carbocycles. The number of carbonyl (C=O) groups is 1. The third-order valence-corrected chi connectivity index (χ3v) is 3.75. The van der Waals surface area contributed by atoms with E-state index >= 15 is 0 Å². The monoisotopic (exact) mass is 304 g/mol. The van der Waals surface area contributed by atoms with Crippen LogP contribution in [0.15, 0.2) is 41.9 Å². The molecule has 0 unspecified atom stereocenters. The maximum atomic E-state index is 11.8. The largest absolute Gasteiger partial charge is 0.380 e. The standard InChI is InChI=1S/C15H20N4OS/c1-11(2)13(18-12-6-4-3-5-7-12)10-17-14(20)19-15-16-8-9-21-15/h3-9,11,13,18H,10H2,1-2H3,(H2,16,17,19,20)/t13-/m1/s1. The molecule has 3 N–H and O–H groups in total. The number of nitrogens with zero attached hydrogens (tertiary/aromatic N) is 1. The predicted octanol–water partition coefficient (Wildman–Crippen LogP) is 3.40. The Hall–Kier alpha value is -2.08. The summed E-state index contributed by atoms with van der Waals surface area (Å²) in [6.07, 6.45) is 1.66. The maximum Gasteiger partial charge on any atom is 0.321 e. The molecule has 0 fully saturated rings. The van der Waals surface area contributed by atoms with Gasteiger partial charge in [-0.1, -0.05) is 32.0 Å². The van der Waals surface area contributed by atoms with Gasteiger partial charge in [0.1, 0.15) is 0 Å². The molecular formula is C15H20N4OS. The third-order valence-electron chi connectivity index (χ3n) is 3.07. The van der Waals surface area contributed by atoms with Crippen molar-refractivity contribution in [3.63, 3.8) is 0 Å². The van der Waals surface area contributed by atoms with E-state index in [1.807, 2.05) is 35.7 Å². The first-order chi connectivity index (χ1) is 10.1. The normalized spacial score (nSPS) is 12.0. The Kier molecular flexibility index (Phi) is 5.57. The van der Waals surface area contributed by atoms with E-state index in [1.165, 1.54) is 11.3 Å². The van der Waals surface area contributed by atoms with Gasteiger partial charge in [-0.2, -0.15) is 0 Å². The van der Waals surface area contributed by atoms with Gasteiger partial charge in [-0.3, -0.25) is 5.32 Å². The second-order valence-electron chi connectivity index (χ2n) is 5.03. The molecule has 0 aliphatic heterocycles. The van der Waals surface area contributed by atoms with Crippen LogP contribution in [0, 0.1) is 5.92 Å². The summed E-state index contributed by atoms with van der Waals surface area (Å²) in [5, 5.41) is 11.4. The van der Waals surface area contributed by atoms with E-state index in [-0.39, 0.29) is 12.1 Å². The zero-order valence-corrected chi connectivity index (χ0v) is 13.0. The van der Waals surface area contributed by atoms with E-state index in [9.17, 15) is 4.79 Å². The Balaban J connectivity index is 1.84. The van der Waals surface area contributed by atoms with Gasteiger partial charge in [-0.15, -0.1) is 11.3 Å². The fourth-order valence-electron chi connectivity index (χ4n) is 1.83. The van der Waals surface area contributed by atoms with Gasteiger partial charge in [0.05, 0.1) is 0 Å². The van der Waals surface area contributed by atoms with Crippen LogP contribution in [0.2, 0.25) is 0 Å². The minimum atomic E-state index is -0.231. The highest BCUT2D eigenvalue weighted by atomic mass is 32.1. The Bertz CT molecular complexity index is 542. The van der Waals surface area contributed by atoms with Gasteiger partial charge in [0, 0.05) is 29.9 Å². The molecule has 1 aromatic carbocycles. The van der Waals surface area contributed by atoms with Gasteiger partial charge >= 0.3 is 6.03 Å². The average molecular weight is 304 g/mol. The van der Waals surface area contributed by atoms with Crippen molar-refractivity contribution >= 4 is 28.2 Å². The smallest absolute Gasteiger partial charge is 0.321 e. The van der Waals surface area contributed by atoms with Gasteiger partial charge in [0.2, 0.25) is 0 Å². The summed E-state index contributed by atoms with van der Waals surface area (Å²) in [5.41, 5.74) is 1.05. The SMILES string of the molecule is CC(C)[C@@H](CNC(=O)Nc1nccs1)Nc1ccccc1. The summed E-state index contributed by atoms with van der Waals surface area (Å²) < 4.78 is 0. The van der Waals surface area contributed by atoms with Crippen LogP contribution in [0.3, 0.4) is 0 Å². The summed E-state index contributed by atoms with van der Waals surface area (Å²) in [7, 11) is 0. The highest BCUT2D eigenvalue weighted by Gasteiger charge is 2.14. The van der Waals surface area contributed by atoms with E-state index in [1.54, 1.807) is 6.20 Å². The molecule has 6 heteroatoms. The van der Waals surface area contributed by atoms with E-state index in [0.29, 0.717) is 17.6 Å². The summed E-state index contributed by atoms with van der Waals surface area (Å²) in [4.78, 5) is 15.8. The molecule has 0 bridgehead atoms. The molecule has 2 aromatic rings. The van der Waals surface area contributed by atoms with Crippen LogP contribution in [0.25, 0.3) is 0 Å². The fraction of sp³-hybridized carbons (Fsp3) is 0.333. The van der Waals surface area contributed by atoms with E-state index in [2.05, 4.69) is 34.8 Å². The second kappa shape index (κ2) is 7.64. The van der Waals surface area contributed by atoms with E-state index < -0.39 is 0 Å². The van der Waals surface area contributed by atoms with Crippen LogP contribution in [-0.4, -0.2) is 23.6 Å². The molecular weight excluding hydrogens is 284 g/mol. The van der Waals surface area contributed by atoms with Crippen molar-refractivity contribution in [2.24, 2.45) is 5.92 Å². The van der Waals surface area contributed by atoms with Crippen molar-refractivity contribution in [2.45, 2.75) is 19.9 Å². The zero-order chi connectivity index (χ0) is 15.1. The van der Waals surface area contributed by atoms with Gasteiger partial charge in [-0.25, -0.2) is 9.78 Å². The Morgan fingerprint density at radius 2 is 2.05 bits per heavy atom. The molecule has 0 saturated carbocycles. The van der Waals surface area contributed by atoms with Gasteiger partial charge in [0.25, 0.3) is 0 Å². The lowest BCUT2D eigenvalue weighted by Crippen LogP contribution is -2.41. The van der Waals surface area contributed by atoms with Crippen LogP contribution < -0.4 is 16.0 Å². The number of hydrogen-bond acceptors (Lipinski definition) is 4. The fourth-order valence-corrected chi connectivity index (χ4v) is 2.35. The number of benzene rings is 1. The quantitative estimate of drug-likeness (QED) is 0.766. The van der Waals surface area contributed by atoms with Crippen molar-refractivity contribution in [3.05, 3.63) is 41.9 Å². The molecule has 0 aliphatic rings. The first-order valence-electron chi connectivity index (χ1n) is 6.91. The minimum absolute atomic E-state index is 0.162. The maximum absolute atomic E-state index is 11.8. The minimum Gasteiger partial charge on any atom is -0.380 e. The van der Waals surface area contributed by atoms with Crippen molar-refractivity contribution in [2.75, 3.05) is 17.2 Å². The number of hydrogen-bond donors (Lipinski definition) is 3. The lowest BCUT2D eigenvalue weighted by atomic mass is 10.0. The van der Waals surface area contributed by atoms with Gasteiger partial charge < -0.3 is 10.6 Å². The first kappa shape index (κ1) is 15.3. The van der Waals surface area contributed by atoms with E-state index in [4.69, 9.17) is 0 Å². The van der Waals surface area contributed by atoms with E-state index in [0.717, 1.165) is 5.69 Å². The Labute approximate surface area is 128 Å². The highest BCUT2D eigenvalue weighted by molar-refractivity contribution is 7.13. The van der Waals surface area contributed by atoms with Gasteiger partial charge in [-0.05, 0) is 18.1 Å². The Morgan fingerprint density at radius 1 is 1.29 bits per heavy atom. The number of rotatable bonds is 6. The van der Waals surface area contributed by atoms with Crippen molar-refractivity contribution in [1.82, 2.24) is 10.3 Å².